The molecule has 0 fully saturated rings. The van der Waals surface area contributed by atoms with Crippen molar-refractivity contribution in [1.82, 2.24) is 20.2 Å². The Morgan fingerprint density at radius 3 is 2.34 bits per heavy atom. The summed E-state index contributed by atoms with van der Waals surface area (Å²) < 4.78 is 1.75. The van der Waals surface area contributed by atoms with E-state index in [2.05, 4.69) is 39.1 Å². The van der Waals surface area contributed by atoms with Crippen molar-refractivity contribution in [3.05, 3.63) is 108 Å². The summed E-state index contributed by atoms with van der Waals surface area (Å²) in [6.07, 6.45) is 2.10. The van der Waals surface area contributed by atoms with Crippen LogP contribution in [0.15, 0.2) is 91.0 Å². The molecule has 1 aliphatic heterocycles. The van der Waals surface area contributed by atoms with Crippen LogP contribution in [0.1, 0.15) is 22.7 Å². The van der Waals surface area contributed by atoms with Crippen LogP contribution in [0.25, 0.3) is 5.70 Å². The summed E-state index contributed by atoms with van der Waals surface area (Å²) in [5.74, 6) is 0.377. The number of allylic oxidation sites excluding steroid dienone is 1. The van der Waals surface area contributed by atoms with Gasteiger partial charge in [-0.05, 0) is 46.7 Å². The number of hydrogen-bond donors (Lipinski definition) is 1. The van der Waals surface area contributed by atoms with Crippen LogP contribution in [-0.4, -0.2) is 32.7 Å². The third-order valence-corrected chi connectivity index (χ3v) is 5.43. The molecule has 0 bridgehead atoms. The SMILES string of the molecule is Cc1ccc(NC(=O)CN2C(c3ccccc3)=C[C@@H](c3ccccc3)n3nnnc32)cc1. The van der Waals surface area contributed by atoms with Gasteiger partial charge in [-0.2, -0.15) is 4.68 Å². The van der Waals surface area contributed by atoms with Crippen molar-refractivity contribution in [3.63, 3.8) is 0 Å². The molecule has 3 aromatic carbocycles. The Balaban J connectivity index is 1.52. The average molecular weight is 422 g/mol. The van der Waals surface area contributed by atoms with Gasteiger partial charge in [0.05, 0.1) is 5.70 Å². The van der Waals surface area contributed by atoms with E-state index in [9.17, 15) is 4.79 Å². The van der Waals surface area contributed by atoms with Crippen molar-refractivity contribution >= 4 is 23.2 Å². The zero-order valence-corrected chi connectivity index (χ0v) is 17.6. The van der Waals surface area contributed by atoms with Crippen molar-refractivity contribution in [2.75, 3.05) is 16.8 Å². The number of nitrogens with zero attached hydrogens (tertiary/aromatic N) is 5. The van der Waals surface area contributed by atoms with Gasteiger partial charge in [0, 0.05) is 5.69 Å². The second kappa shape index (κ2) is 8.47. The molecule has 1 N–H and O–H groups in total. The van der Waals surface area contributed by atoms with Crippen molar-refractivity contribution < 1.29 is 4.79 Å². The lowest BCUT2D eigenvalue weighted by Crippen LogP contribution is -2.37. The molecule has 1 aromatic heterocycles. The van der Waals surface area contributed by atoms with Crippen molar-refractivity contribution in [2.24, 2.45) is 0 Å². The first-order chi connectivity index (χ1) is 15.7. The molecule has 1 atom stereocenters. The van der Waals surface area contributed by atoms with Crippen LogP contribution in [0.4, 0.5) is 11.6 Å². The number of tetrazole rings is 1. The third kappa shape index (κ3) is 3.88. The monoisotopic (exact) mass is 422 g/mol. The smallest absolute Gasteiger partial charge is 0.251 e. The molecule has 2 heterocycles. The highest BCUT2D eigenvalue weighted by molar-refractivity contribution is 5.97. The number of carbonyl (C=O) groups is 1. The predicted molar refractivity (Wildman–Crippen MR) is 124 cm³/mol. The lowest BCUT2D eigenvalue weighted by molar-refractivity contribution is -0.114. The maximum Gasteiger partial charge on any atom is 0.251 e. The van der Waals surface area contributed by atoms with E-state index in [0.717, 1.165) is 28.1 Å². The summed E-state index contributed by atoms with van der Waals surface area (Å²) >= 11 is 0. The first kappa shape index (κ1) is 19.7. The molecule has 0 radical (unpaired) electrons. The Hall–Kier alpha value is -4.26. The Bertz CT molecular complexity index is 1250. The fourth-order valence-corrected chi connectivity index (χ4v) is 3.85. The Morgan fingerprint density at radius 2 is 1.62 bits per heavy atom. The minimum atomic E-state index is -0.173. The maximum absolute atomic E-state index is 13.0. The molecule has 7 heteroatoms. The number of hydrogen-bond acceptors (Lipinski definition) is 5. The quantitative estimate of drug-likeness (QED) is 0.525. The van der Waals surface area contributed by atoms with E-state index >= 15 is 0 Å². The second-order valence-electron chi connectivity index (χ2n) is 7.70. The molecule has 158 valence electrons. The van der Waals surface area contributed by atoms with Gasteiger partial charge in [-0.1, -0.05) is 83.5 Å². The van der Waals surface area contributed by atoms with Gasteiger partial charge >= 0.3 is 0 Å². The second-order valence-corrected chi connectivity index (χ2v) is 7.70. The number of rotatable bonds is 5. The van der Waals surface area contributed by atoms with E-state index in [4.69, 9.17) is 0 Å². The molecule has 32 heavy (non-hydrogen) atoms. The highest BCUT2D eigenvalue weighted by Crippen LogP contribution is 2.35. The minimum Gasteiger partial charge on any atom is -0.325 e. The molecule has 0 saturated carbocycles. The average Bonchev–Trinajstić information content (AvgIpc) is 3.32. The molecule has 0 saturated heterocycles. The Morgan fingerprint density at radius 1 is 0.938 bits per heavy atom. The van der Waals surface area contributed by atoms with Crippen LogP contribution < -0.4 is 10.2 Å². The molecular weight excluding hydrogens is 400 g/mol. The van der Waals surface area contributed by atoms with Gasteiger partial charge in [0.25, 0.3) is 5.95 Å². The van der Waals surface area contributed by atoms with Crippen molar-refractivity contribution in [3.8, 4) is 0 Å². The van der Waals surface area contributed by atoms with Gasteiger partial charge in [-0.3, -0.25) is 9.69 Å². The van der Waals surface area contributed by atoms with Crippen LogP contribution in [-0.2, 0) is 4.79 Å². The summed E-state index contributed by atoms with van der Waals surface area (Å²) in [5.41, 5.74) is 4.84. The zero-order chi connectivity index (χ0) is 21.9. The number of fused-ring (bicyclic) bond motifs is 1. The molecular formula is C25H22N6O. The highest BCUT2D eigenvalue weighted by Gasteiger charge is 2.31. The number of amides is 1. The summed E-state index contributed by atoms with van der Waals surface area (Å²) in [6.45, 7) is 2.09. The lowest BCUT2D eigenvalue weighted by atomic mass is 10.0. The maximum atomic E-state index is 13.0. The Kier molecular flexibility index (Phi) is 5.21. The number of aromatic nitrogens is 4. The number of anilines is 2. The summed E-state index contributed by atoms with van der Waals surface area (Å²) in [7, 11) is 0. The van der Waals surface area contributed by atoms with Gasteiger partial charge < -0.3 is 5.32 Å². The van der Waals surface area contributed by atoms with Crippen LogP contribution in [0.5, 0.6) is 0 Å². The predicted octanol–water partition coefficient (Wildman–Crippen LogP) is 4.07. The molecule has 1 aliphatic rings. The first-order valence-corrected chi connectivity index (χ1v) is 10.4. The van der Waals surface area contributed by atoms with E-state index in [-0.39, 0.29) is 18.5 Å². The number of carbonyl (C=O) groups excluding carboxylic acids is 1. The fourth-order valence-electron chi connectivity index (χ4n) is 3.85. The minimum absolute atomic E-state index is 0.0798. The van der Waals surface area contributed by atoms with Crippen molar-refractivity contribution in [2.45, 2.75) is 13.0 Å². The molecule has 0 spiro atoms. The normalized spacial score (nSPS) is 15.1. The molecule has 0 unspecified atom stereocenters. The third-order valence-electron chi connectivity index (χ3n) is 5.43. The molecule has 1 amide bonds. The van der Waals surface area contributed by atoms with Crippen LogP contribution in [0.3, 0.4) is 0 Å². The van der Waals surface area contributed by atoms with Crippen LogP contribution in [0, 0.1) is 6.92 Å². The van der Waals surface area contributed by atoms with Crippen LogP contribution in [0.2, 0.25) is 0 Å². The lowest BCUT2D eigenvalue weighted by Gasteiger charge is -2.32. The van der Waals surface area contributed by atoms with E-state index < -0.39 is 0 Å². The zero-order valence-electron chi connectivity index (χ0n) is 17.6. The highest BCUT2D eigenvalue weighted by atomic mass is 16.2. The van der Waals surface area contributed by atoms with E-state index in [0.29, 0.717) is 5.95 Å². The summed E-state index contributed by atoms with van der Waals surface area (Å²) in [5, 5.41) is 15.4. The van der Waals surface area contributed by atoms with E-state index in [1.54, 1.807) is 4.68 Å². The molecule has 5 rings (SSSR count). The van der Waals surface area contributed by atoms with Gasteiger partial charge in [-0.15, -0.1) is 0 Å². The topological polar surface area (TPSA) is 75.9 Å². The van der Waals surface area contributed by atoms with Crippen LogP contribution >= 0.6 is 0 Å². The van der Waals surface area contributed by atoms with E-state index in [1.807, 2.05) is 84.6 Å². The fraction of sp³-hybridized carbons (Fsp3) is 0.120. The van der Waals surface area contributed by atoms with Gasteiger partial charge in [-0.25, -0.2) is 0 Å². The summed E-state index contributed by atoms with van der Waals surface area (Å²) in [4.78, 5) is 14.8. The van der Waals surface area contributed by atoms with Gasteiger partial charge in [0.1, 0.15) is 12.6 Å². The number of benzene rings is 3. The van der Waals surface area contributed by atoms with Gasteiger partial charge in [0.2, 0.25) is 5.91 Å². The number of aryl methyl sites for hydroxylation is 1. The molecule has 7 nitrogen and oxygen atoms in total. The number of nitrogens with one attached hydrogen (secondary N) is 1. The largest absolute Gasteiger partial charge is 0.325 e. The Labute approximate surface area is 186 Å². The standard InChI is InChI=1S/C25H22N6O/c1-18-12-14-21(15-13-18)26-24(32)17-30-22(19-8-4-2-5-9-19)16-23(20-10-6-3-7-11-20)31-25(30)27-28-29-31/h2-16,23H,17H2,1H3,(H,26,32)/t23-/m0/s1. The first-order valence-electron chi connectivity index (χ1n) is 10.4. The van der Waals surface area contributed by atoms with E-state index in [1.165, 1.54) is 0 Å². The summed E-state index contributed by atoms with van der Waals surface area (Å²) in [6, 6.07) is 27.6. The molecule has 4 aromatic rings. The van der Waals surface area contributed by atoms with Crippen molar-refractivity contribution in [1.29, 1.82) is 0 Å². The van der Waals surface area contributed by atoms with Gasteiger partial charge in [0.15, 0.2) is 0 Å². The molecule has 0 aliphatic carbocycles.